The zero-order valence-corrected chi connectivity index (χ0v) is 15.8. The number of carbonyl (C=O) groups is 2. The van der Waals surface area contributed by atoms with E-state index in [-0.39, 0.29) is 18.4 Å². The van der Waals surface area contributed by atoms with Gasteiger partial charge in [-0.25, -0.2) is 4.98 Å². The van der Waals surface area contributed by atoms with Crippen molar-refractivity contribution in [2.75, 3.05) is 10.6 Å². The number of anilines is 2. The molecule has 2 amide bonds. The van der Waals surface area contributed by atoms with Crippen LogP contribution in [0.1, 0.15) is 12.7 Å². The van der Waals surface area contributed by atoms with Gasteiger partial charge < -0.3 is 15.6 Å². The number of carbonyl (C=O) groups excluding carboxylic acids is 2. The molecule has 2 aromatic heterocycles. The van der Waals surface area contributed by atoms with Crippen LogP contribution in [0.25, 0.3) is 22.4 Å². The van der Waals surface area contributed by atoms with Gasteiger partial charge in [-0.05, 0) is 54.6 Å². The monoisotopic (exact) mass is 390 g/mol. The molecule has 10 nitrogen and oxygen atoms in total. The van der Waals surface area contributed by atoms with E-state index in [1.54, 1.807) is 24.3 Å². The Labute approximate surface area is 165 Å². The van der Waals surface area contributed by atoms with Crippen molar-refractivity contribution in [3.8, 4) is 11.4 Å². The number of rotatable bonds is 5. The first-order valence-corrected chi connectivity index (χ1v) is 8.88. The van der Waals surface area contributed by atoms with Gasteiger partial charge in [0.1, 0.15) is 12.4 Å². The van der Waals surface area contributed by atoms with Crippen molar-refractivity contribution in [1.82, 2.24) is 30.2 Å². The number of H-pyrrole nitrogens is 1. The fraction of sp³-hybridized carbons (Fsp3) is 0.158. The summed E-state index contributed by atoms with van der Waals surface area (Å²) in [5.74, 6) is 0.805. The van der Waals surface area contributed by atoms with Gasteiger partial charge in [-0.1, -0.05) is 0 Å². The maximum atomic E-state index is 12.2. The lowest BCUT2D eigenvalue weighted by molar-refractivity contribution is -0.117. The Bertz CT molecular complexity index is 1190. The van der Waals surface area contributed by atoms with Crippen molar-refractivity contribution >= 4 is 34.2 Å². The summed E-state index contributed by atoms with van der Waals surface area (Å²) in [5, 5.41) is 17.7. The summed E-state index contributed by atoms with van der Waals surface area (Å²) in [6.07, 6.45) is 0. The Morgan fingerprint density at radius 1 is 1.07 bits per heavy atom. The van der Waals surface area contributed by atoms with Gasteiger partial charge in [0.2, 0.25) is 17.6 Å². The molecule has 4 aromatic rings. The van der Waals surface area contributed by atoms with Crippen LogP contribution in [-0.4, -0.2) is 42.0 Å². The van der Waals surface area contributed by atoms with E-state index in [2.05, 4.69) is 36.0 Å². The lowest BCUT2D eigenvalue weighted by atomic mass is 10.2. The second kappa shape index (κ2) is 7.50. The predicted octanol–water partition coefficient (Wildman–Crippen LogP) is 2.12. The van der Waals surface area contributed by atoms with E-state index in [4.69, 9.17) is 0 Å². The van der Waals surface area contributed by atoms with Crippen LogP contribution < -0.4 is 10.6 Å². The van der Waals surface area contributed by atoms with Crippen LogP contribution in [0.3, 0.4) is 0 Å². The molecule has 0 bridgehead atoms. The van der Waals surface area contributed by atoms with E-state index in [0.29, 0.717) is 17.2 Å². The number of imidazole rings is 1. The number of hydrogen-bond donors (Lipinski definition) is 3. The highest BCUT2D eigenvalue weighted by atomic mass is 16.2. The largest absolute Gasteiger partial charge is 0.342 e. The summed E-state index contributed by atoms with van der Waals surface area (Å²) in [4.78, 5) is 32.0. The first-order valence-electron chi connectivity index (χ1n) is 8.88. The molecule has 0 saturated carbocycles. The van der Waals surface area contributed by atoms with Gasteiger partial charge in [0.25, 0.3) is 0 Å². The van der Waals surface area contributed by atoms with Crippen LogP contribution in [0.5, 0.6) is 0 Å². The molecule has 2 heterocycles. The van der Waals surface area contributed by atoms with Crippen molar-refractivity contribution in [3.05, 3.63) is 48.3 Å². The third-order valence-electron chi connectivity index (χ3n) is 4.09. The highest BCUT2D eigenvalue weighted by molar-refractivity contribution is 5.92. The SMILES string of the molecule is CC(=O)Nc1ccc(NC(=O)Cn2nnc(-c3ccc4nc(C)[nH]c4c3)n2)cc1. The first kappa shape index (κ1) is 18.3. The topological polar surface area (TPSA) is 130 Å². The van der Waals surface area contributed by atoms with E-state index in [9.17, 15) is 9.59 Å². The number of aromatic amines is 1. The minimum Gasteiger partial charge on any atom is -0.342 e. The average molecular weight is 390 g/mol. The average Bonchev–Trinajstić information content (AvgIpc) is 3.27. The van der Waals surface area contributed by atoms with Crippen LogP contribution >= 0.6 is 0 Å². The van der Waals surface area contributed by atoms with E-state index < -0.39 is 0 Å². The maximum absolute atomic E-state index is 12.2. The Kier molecular flexibility index (Phi) is 4.73. The normalized spacial score (nSPS) is 10.8. The van der Waals surface area contributed by atoms with Crippen molar-refractivity contribution in [2.24, 2.45) is 0 Å². The molecule has 3 N–H and O–H groups in total. The zero-order valence-electron chi connectivity index (χ0n) is 15.8. The molecule has 2 aromatic carbocycles. The third kappa shape index (κ3) is 4.26. The number of nitrogens with zero attached hydrogens (tertiary/aromatic N) is 5. The number of fused-ring (bicyclic) bond motifs is 1. The molecule has 0 unspecified atom stereocenters. The predicted molar refractivity (Wildman–Crippen MR) is 107 cm³/mol. The van der Waals surface area contributed by atoms with E-state index in [1.165, 1.54) is 11.7 Å². The van der Waals surface area contributed by atoms with Crippen LogP contribution in [0, 0.1) is 6.92 Å². The van der Waals surface area contributed by atoms with Gasteiger partial charge in [0.05, 0.1) is 11.0 Å². The number of aromatic nitrogens is 6. The number of benzene rings is 2. The summed E-state index contributed by atoms with van der Waals surface area (Å²) >= 11 is 0. The Hall–Kier alpha value is -4.08. The van der Waals surface area contributed by atoms with Crippen LogP contribution in [-0.2, 0) is 16.1 Å². The third-order valence-corrected chi connectivity index (χ3v) is 4.09. The summed E-state index contributed by atoms with van der Waals surface area (Å²) in [7, 11) is 0. The highest BCUT2D eigenvalue weighted by Crippen LogP contribution is 2.20. The molecule has 4 rings (SSSR count). The molecule has 0 aliphatic rings. The highest BCUT2D eigenvalue weighted by Gasteiger charge is 2.11. The van der Waals surface area contributed by atoms with Gasteiger partial charge in [0, 0.05) is 23.9 Å². The molecule has 146 valence electrons. The fourth-order valence-corrected chi connectivity index (χ4v) is 2.87. The van der Waals surface area contributed by atoms with Gasteiger partial charge in [0.15, 0.2) is 0 Å². The van der Waals surface area contributed by atoms with Crippen molar-refractivity contribution < 1.29 is 9.59 Å². The summed E-state index contributed by atoms with van der Waals surface area (Å²) in [6.45, 7) is 3.25. The Morgan fingerprint density at radius 2 is 1.79 bits per heavy atom. The number of hydrogen-bond acceptors (Lipinski definition) is 6. The fourth-order valence-electron chi connectivity index (χ4n) is 2.87. The number of amides is 2. The smallest absolute Gasteiger partial charge is 0.248 e. The molecule has 0 radical (unpaired) electrons. The number of aryl methyl sites for hydroxylation is 1. The van der Waals surface area contributed by atoms with E-state index in [0.717, 1.165) is 22.4 Å². The number of nitrogens with one attached hydrogen (secondary N) is 3. The van der Waals surface area contributed by atoms with Gasteiger partial charge in [-0.2, -0.15) is 4.80 Å². The van der Waals surface area contributed by atoms with Crippen LogP contribution in [0.2, 0.25) is 0 Å². The zero-order chi connectivity index (χ0) is 20.4. The first-order chi connectivity index (χ1) is 14.0. The van der Waals surface area contributed by atoms with Crippen LogP contribution in [0.4, 0.5) is 11.4 Å². The van der Waals surface area contributed by atoms with Crippen molar-refractivity contribution in [2.45, 2.75) is 20.4 Å². The lowest BCUT2D eigenvalue weighted by Crippen LogP contribution is -2.20. The molecule has 0 aliphatic heterocycles. The minimum absolute atomic E-state index is 0.0775. The Balaban J connectivity index is 1.41. The van der Waals surface area contributed by atoms with E-state index in [1.807, 2.05) is 25.1 Å². The second-order valence-electron chi connectivity index (χ2n) is 6.50. The molecule has 10 heteroatoms. The molecule has 0 fully saturated rings. The lowest BCUT2D eigenvalue weighted by Gasteiger charge is -2.06. The summed E-state index contributed by atoms with van der Waals surface area (Å²) in [6, 6.07) is 12.4. The minimum atomic E-state index is -0.291. The van der Waals surface area contributed by atoms with E-state index >= 15 is 0 Å². The van der Waals surface area contributed by atoms with Gasteiger partial charge >= 0.3 is 0 Å². The number of tetrazole rings is 1. The molecule has 0 aliphatic carbocycles. The summed E-state index contributed by atoms with van der Waals surface area (Å²) in [5.41, 5.74) is 3.78. The summed E-state index contributed by atoms with van der Waals surface area (Å²) < 4.78 is 0. The molecule has 0 spiro atoms. The quantitative estimate of drug-likeness (QED) is 0.478. The van der Waals surface area contributed by atoms with Gasteiger partial charge in [-0.3, -0.25) is 9.59 Å². The molecule has 29 heavy (non-hydrogen) atoms. The molecule has 0 saturated heterocycles. The second-order valence-corrected chi connectivity index (χ2v) is 6.50. The van der Waals surface area contributed by atoms with Crippen molar-refractivity contribution in [3.63, 3.8) is 0 Å². The molecule has 0 atom stereocenters. The molecular weight excluding hydrogens is 372 g/mol. The van der Waals surface area contributed by atoms with Crippen molar-refractivity contribution in [1.29, 1.82) is 0 Å². The molecular formula is C19H18N8O2. The Morgan fingerprint density at radius 3 is 2.52 bits per heavy atom. The maximum Gasteiger partial charge on any atom is 0.248 e. The van der Waals surface area contributed by atoms with Gasteiger partial charge in [-0.15, -0.1) is 10.2 Å². The standard InChI is InChI=1S/C19H18N8O2/c1-11-20-16-8-3-13(9-17(16)21-11)19-24-26-27(25-19)10-18(29)23-15-6-4-14(5-7-15)22-12(2)28/h3-9H,10H2,1-2H3,(H,20,21)(H,22,28)(H,23,29). The van der Waals surface area contributed by atoms with Crippen LogP contribution in [0.15, 0.2) is 42.5 Å².